The van der Waals surface area contributed by atoms with Gasteiger partial charge in [-0.1, -0.05) is 12.1 Å². The van der Waals surface area contributed by atoms with Crippen LogP contribution in [0.15, 0.2) is 30.3 Å². The molecule has 20 heavy (non-hydrogen) atoms. The third-order valence-corrected chi connectivity index (χ3v) is 2.60. The van der Waals surface area contributed by atoms with Crippen LogP contribution in [0.25, 0.3) is 6.08 Å². The third-order valence-electron chi connectivity index (χ3n) is 2.60. The average Bonchev–Trinajstić information content (AvgIpc) is 2.43. The zero-order valence-electron chi connectivity index (χ0n) is 11.2. The molecule has 0 aromatic heterocycles. The van der Waals surface area contributed by atoms with Crippen LogP contribution in [0.2, 0.25) is 0 Å². The van der Waals surface area contributed by atoms with E-state index >= 15 is 0 Å². The zero-order chi connectivity index (χ0) is 15.0. The van der Waals surface area contributed by atoms with Crippen LogP contribution in [0.4, 0.5) is 5.69 Å². The fourth-order valence-corrected chi connectivity index (χ4v) is 1.57. The number of carbonyl (C=O) groups excluding carboxylic acids is 1. The number of carboxylic acids is 1. The van der Waals surface area contributed by atoms with Gasteiger partial charge in [0.15, 0.2) is 0 Å². The minimum atomic E-state index is -1.02. The molecule has 0 spiro atoms. The summed E-state index contributed by atoms with van der Waals surface area (Å²) in [6, 6.07) is 6.88. The van der Waals surface area contributed by atoms with E-state index in [0.717, 1.165) is 6.08 Å². The van der Waals surface area contributed by atoms with Gasteiger partial charge >= 0.3 is 5.97 Å². The smallest absolute Gasteiger partial charge is 0.328 e. The van der Waals surface area contributed by atoms with Crippen molar-refractivity contribution >= 4 is 23.6 Å². The van der Waals surface area contributed by atoms with Crippen molar-refractivity contribution in [3.8, 4) is 0 Å². The first-order valence-electron chi connectivity index (χ1n) is 6.09. The zero-order valence-corrected chi connectivity index (χ0v) is 11.2. The van der Waals surface area contributed by atoms with Gasteiger partial charge in [0.1, 0.15) is 0 Å². The van der Waals surface area contributed by atoms with Gasteiger partial charge in [-0.3, -0.25) is 4.79 Å². The molecule has 0 radical (unpaired) electrons. The topological polar surface area (TPSA) is 102 Å². The number of nitrogens with two attached hydrogens (primary N) is 1. The lowest BCUT2D eigenvalue weighted by molar-refractivity contribution is -0.131. The average molecular weight is 278 g/mol. The molecule has 1 unspecified atom stereocenters. The third kappa shape index (κ3) is 5.64. The van der Waals surface area contributed by atoms with E-state index in [-0.39, 0.29) is 25.0 Å². The van der Waals surface area contributed by atoms with Crippen molar-refractivity contribution in [1.82, 2.24) is 0 Å². The number of methoxy groups -OCH3 is 1. The Morgan fingerprint density at radius 1 is 1.50 bits per heavy atom. The molecule has 6 nitrogen and oxygen atoms in total. The van der Waals surface area contributed by atoms with Gasteiger partial charge in [0, 0.05) is 25.4 Å². The van der Waals surface area contributed by atoms with Crippen LogP contribution in [0.3, 0.4) is 0 Å². The predicted octanol–water partition coefficient (Wildman–Crippen LogP) is 1.09. The highest BCUT2D eigenvalue weighted by molar-refractivity contribution is 5.91. The molecule has 1 aromatic rings. The summed E-state index contributed by atoms with van der Waals surface area (Å²) >= 11 is 0. The standard InChI is InChI=1S/C14H18N2O4/c1-20-12(9-15)8-13(17)16-11-4-2-3-10(7-11)5-6-14(18)19/h2-7,12H,8-9,15H2,1H3,(H,16,17)(H,18,19)/b6-5+. The van der Waals surface area contributed by atoms with Gasteiger partial charge < -0.3 is 20.9 Å². The van der Waals surface area contributed by atoms with E-state index in [9.17, 15) is 9.59 Å². The minimum Gasteiger partial charge on any atom is -0.478 e. The quantitative estimate of drug-likeness (QED) is 0.648. The van der Waals surface area contributed by atoms with Crippen LogP contribution < -0.4 is 11.1 Å². The summed E-state index contributed by atoms with van der Waals surface area (Å²) in [5, 5.41) is 11.3. The Balaban J connectivity index is 2.66. The summed E-state index contributed by atoms with van der Waals surface area (Å²) in [6.45, 7) is 0.269. The van der Waals surface area contributed by atoms with Crippen molar-refractivity contribution in [2.24, 2.45) is 5.73 Å². The maximum atomic E-state index is 11.8. The molecular weight excluding hydrogens is 260 g/mol. The van der Waals surface area contributed by atoms with E-state index < -0.39 is 5.97 Å². The fraction of sp³-hybridized carbons (Fsp3) is 0.286. The van der Waals surface area contributed by atoms with Crippen molar-refractivity contribution in [1.29, 1.82) is 0 Å². The van der Waals surface area contributed by atoms with Gasteiger partial charge in [-0.05, 0) is 23.8 Å². The van der Waals surface area contributed by atoms with Crippen molar-refractivity contribution in [3.05, 3.63) is 35.9 Å². The lowest BCUT2D eigenvalue weighted by atomic mass is 10.1. The molecule has 0 fully saturated rings. The second kappa shape index (κ2) is 8.08. The summed E-state index contributed by atoms with van der Waals surface area (Å²) in [4.78, 5) is 22.2. The number of ether oxygens (including phenoxy) is 1. The Labute approximate surface area is 117 Å². The van der Waals surface area contributed by atoms with Crippen LogP contribution in [0, 0.1) is 0 Å². The SMILES string of the molecule is COC(CN)CC(=O)Nc1cccc(/C=C/C(=O)O)c1. The lowest BCUT2D eigenvalue weighted by Crippen LogP contribution is -2.28. The Kier molecular flexibility index (Phi) is 6.42. The molecule has 1 aromatic carbocycles. The molecule has 0 bridgehead atoms. The first-order valence-corrected chi connectivity index (χ1v) is 6.09. The fourth-order valence-electron chi connectivity index (χ4n) is 1.57. The lowest BCUT2D eigenvalue weighted by Gasteiger charge is -2.12. The molecular formula is C14H18N2O4. The number of amides is 1. The number of carbonyl (C=O) groups is 2. The number of carboxylic acid groups (broad SMARTS) is 1. The number of aliphatic carboxylic acids is 1. The molecule has 1 rings (SSSR count). The normalized spacial score (nSPS) is 12.3. The van der Waals surface area contributed by atoms with Gasteiger partial charge in [0.2, 0.25) is 5.91 Å². The molecule has 6 heteroatoms. The highest BCUT2D eigenvalue weighted by atomic mass is 16.5. The first kappa shape index (κ1) is 15.9. The molecule has 0 heterocycles. The van der Waals surface area contributed by atoms with Crippen molar-refractivity contribution in [3.63, 3.8) is 0 Å². The highest BCUT2D eigenvalue weighted by Crippen LogP contribution is 2.12. The summed E-state index contributed by atoms with van der Waals surface area (Å²) in [5.74, 6) is -1.23. The molecule has 108 valence electrons. The molecule has 0 aliphatic heterocycles. The first-order chi connectivity index (χ1) is 9.55. The maximum Gasteiger partial charge on any atom is 0.328 e. The van der Waals surface area contributed by atoms with Crippen LogP contribution in [0.5, 0.6) is 0 Å². The van der Waals surface area contributed by atoms with Crippen molar-refractivity contribution in [2.45, 2.75) is 12.5 Å². The number of benzene rings is 1. The van der Waals surface area contributed by atoms with Gasteiger partial charge in [0.25, 0.3) is 0 Å². The predicted molar refractivity (Wildman–Crippen MR) is 76.2 cm³/mol. The summed E-state index contributed by atoms with van der Waals surface area (Å²) in [7, 11) is 1.50. The second-order valence-electron chi connectivity index (χ2n) is 4.14. The van der Waals surface area contributed by atoms with Crippen LogP contribution in [0.1, 0.15) is 12.0 Å². The number of rotatable bonds is 7. The largest absolute Gasteiger partial charge is 0.478 e. The van der Waals surface area contributed by atoms with Gasteiger partial charge in [-0.15, -0.1) is 0 Å². The molecule has 4 N–H and O–H groups in total. The number of hydrogen-bond donors (Lipinski definition) is 3. The summed E-state index contributed by atoms with van der Waals surface area (Å²) in [6.07, 6.45) is 2.35. The molecule has 0 aliphatic carbocycles. The van der Waals surface area contributed by atoms with E-state index in [1.165, 1.54) is 13.2 Å². The van der Waals surface area contributed by atoms with E-state index in [0.29, 0.717) is 11.3 Å². The number of hydrogen-bond acceptors (Lipinski definition) is 4. The van der Waals surface area contributed by atoms with Crippen LogP contribution in [-0.4, -0.2) is 36.7 Å². The maximum absolute atomic E-state index is 11.8. The van der Waals surface area contributed by atoms with E-state index in [1.54, 1.807) is 24.3 Å². The van der Waals surface area contributed by atoms with E-state index in [4.69, 9.17) is 15.6 Å². The monoisotopic (exact) mass is 278 g/mol. The molecule has 0 aliphatic rings. The van der Waals surface area contributed by atoms with Crippen LogP contribution >= 0.6 is 0 Å². The Hall–Kier alpha value is -2.18. The van der Waals surface area contributed by atoms with Crippen molar-refractivity contribution < 1.29 is 19.4 Å². The Morgan fingerprint density at radius 3 is 2.85 bits per heavy atom. The molecule has 1 atom stereocenters. The van der Waals surface area contributed by atoms with Gasteiger partial charge in [-0.2, -0.15) is 0 Å². The Bertz CT molecular complexity index is 496. The molecule has 0 saturated heterocycles. The molecule has 1 amide bonds. The van der Waals surface area contributed by atoms with Gasteiger partial charge in [0.05, 0.1) is 12.5 Å². The summed E-state index contributed by atoms with van der Waals surface area (Å²) in [5.41, 5.74) is 6.73. The Morgan fingerprint density at radius 2 is 2.25 bits per heavy atom. The van der Waals surface area contributed by atoms with Crippen LogP contribution in [-0.2, 0) is 14.3 Å². The van der Waals surface area contributed by atoms with Crippen molar-refractivity contribution in [2.75, 3.05) is 19.0 Å². The number of nitrogens with one attached hydrogen (secondary N) is 1. The molecule has 0 saturated carbocycles. The van der Waals surface area contributed by atoms with E-state index in [1.807, 2.05) is 0 Å². The van der Waals surface area contributed by atoms with E-state index in [2.05, 4.69) is 5.32 Å². The van der Waals surface area contributed by atoms with Gasteiger partial charge in [-0.25, -0.2) is 4.79 Å². The minimum absolute atomic E-state index is 0.169. The number of anilines is 1. The second-order valence-corrected chi connectivity index (χ2v) is 4.14. The summed E-state index contributed by atoms with van der Waals surface area (Å²) < 4.78 is 5.03. The highest BCUT2D eigenvalue weighted by Gasteiger charge is 2.11.